The minimum Gasteiger partial charge on any atom is -0.378 e. The third kappa shape index (κ3) is 1.79. The molecule has 1 aromatic rings. The van der Waals surface area contributed by atoms with Gasteiger partial charge in [0.25, 0.3) is 0 Å². The number of nitriles is 1. The number of nitrogens with two attached hydrogens (primary N) is 1. The van der Waals surface area contributed by atoms with Crippen LogP contribution < -0.4 is 5.73 Å². The monoisotopic (exact) mass is 256 g/mol. The Labute approximate surface area is 104 Å². The fraction of sp³-hybridized carbons (Fsp3) is 0.364. The lowest BCUT2D eigenvalue weighted by Crippen LogP contribution is -2.49. The van der Waals surface area contributed by atoms with Crippen molar-refractivity contribution in [1.82, 2.24) is 0 Å². The van der Waals surface area contributed by atoms with Gasteiger partial charge in [0, 0.05) is 10.0 Å². The van der Waals surface area contributed by atoms with Crippen molar-refractivity contribution in [2.75, 3.05) is 13.2 Å². The first-order valence-electron chi connectivity index (χ1n) is 4.78. The molecule has 2 N–H and O–H groups in total. The maximum Gasteiger partial charge on any atom is 0.123 e. The van der Waals surface area contributed by atoms with Gasteiger partial charge in [-0.3, -0.25) is 0 Å². The number of rotatable bonds is 2. The van der Waals surface area contributed by atoms with Gasteiger partial charge in [-0.05, 0) is 17.7 Å². The van der Waals surface area contributed by atoms with Gasteiger partial charge < -0.3 is 10.5 Å². The molecule has 0 bridgehead atoms. The lowest BCUT2D eigenvalue weighted by atomic mass is 9.77. The highest BCUT2D eigenvalue weighted by Gasteiger charge is 2.45. The number of hydrogen-bond acceptors (Lipinski definition) is 3. The molecular weight excluding hydrogens is 247 g/mol. The fourth-order valence-corrected chi connectivity index (χ4v) is 2.21. The summed E-state index contributed by atoms with van der Waals surface area (Å²) in [4.78, 5) is 0. The predicted octanol–water partition coefficient (Wildman–Crippen LogP) is 2.53. The predicted molar refractivity (Wildman–Crippen MR) is 62.3 cm³/mol. The standard InChI is InChI=1S/C11H10Cl2N2O/c12-7-1-2-8(9(13)3-7)10(15)11(4-14)5-16-6-11/h1-3,10H,5-6,15H2. The summed E-state index contributed by atoms with van der Waals surface area (Å²) in [5.74, 6) is 0. The Morgan fingerprint density at radius 3 is 2.56 bits per heavy atom. The largest absolute Gasteiger partial charge is 0.378 e. The number of halogens is 2. The summed E-state index contributed by atoms with van der Waals surface area (Å²) in [5.41, 5.74) is 6.14. The molecule has 1 aromatic carbocycles. The van der Waals surface area contributed by atoms with Crippen LogP contribution in [0.4, 0.5) is 0 Å². The van der Waals surface area contributed by atoms with Gasteiger partial charge in [0.2, 0.25) is 0 Å². The second kappa shape index (κ2) is 4.23. The van der Waals surface area contributed by atoms with Crippen LogP contribution in [0.25, 0.3) is 0 Å². The third-order valence-electron chi connectivity index (χ3n) is 2.83. The molecule has 1 aliphatic heterocycles. The lowest BCUT2D eigenvalue weighted by Gasteiger charge is -2.40. The summed E-state index contributed by atoms with van der Waals surface area (Å²) in [5, 5.41) is 10.2. The highest BCUT2D eigenvalue weighted by Crippen LogP contribution is 2.40. The quantitative estimate of drug-likeness (QED) is 0.885. The summed E-state index contributed by atoms with van der Waals surface area (Å²) < 4.78 is 5.06. The molecule has 0 aliphatic carbocycles. The summed E-state index contributed by atoms with van der Waals surface area (Å²) in [6.07, 6.45) is 0. The first-order valence-corrected chi connectivity index (χ1v) is 5.54. The highest BCUT2D eigenvalue weighted by molar-refractivity contribution is 6.35. The molecule has 0 spiro atoms. The SMILES string of the molecule is N#CC1(C(N)c2ccc(Cl)cc2Cl)COC1. The Bertz CT molecular complexity index is 452. The zero-order valence-corrected chi connectivity index (χ0v) is 9.92. The third-order valence-corrected chi connectivity index (χ3v) is 3.40. The minimum absolute atomic E-state index is 0.351. The molecule has 0 saturated carbocycles. The van der Waals surface area contributed by atoms with Crippen LogP contribution in [0.15, 0.2) is 18.2 Å². The van der Waals surface area contributed by atoms with E-state index in [2.05, 4.69) is 6.07 Å². The molecule has 1 unspecified atom stereocenters. The van der Waals surface area contributed by atoms with E-state index in [1.807, 2.05) is 0 Å². The first kappa shape index (κ1) is 11.7. The van der Waals surface area contributed by atoms with Crippen LogP contribution >= 0.6 is 23.2 Å². The number of hydrogen-bond donors (Lipinski definition) is 1. The van der Waals surface area contributed by atoms with E-state index in [0.29, 0.717) is 23.3 Å². The summed E-state index contributed by atoms with van der Waals surface area (Å²) in [7, 11) is 0. The Balaban J connectivity index is 2.34. The Morgan fingerprint density at radius 2 is 2.12 bits per heavy atom. The Kier molecular flexibility index (Phi) is 3.09. The van der Waals surface area contributed by atoms with E-state index in [-0.39, 0.29) is 0 Å². The summed E-state index contributed by atoms with van der Waals surface area (Å²) in [6, 6.07) is 6.87. The van der Waals surface area contributed by atoms with Crippen LogP contribution in [0, 0.1) is 16.7 Å². The van der Waals surface area contributed by atoms with E-state index < -0.39 is 11.5 Å². The fourth-order valence-electron chi connectivity index (χ4n) is 1.69. The van der Waals surface area contributed by atoms with Crippen molar-refractivity contribution in [3.8, 4) is 6.07 Å². The zero-order valence-electron chi connectivity index (χ0n) is 8.41. The molecule has 1 saturated heterocycles. The number of nitrogens with zero attached hydrogens (tertiary/aromatic N) is 1. The molecule has 0 aromatic heterocycles. The molecule has 84 valence electrons. The average molecular weight is 257 g/mol. The van der Waals surface area contributed by atoms with Crippen molar-refractivity contribution < 1.29 is 4.74 Å². The van der Waals surface area contributed by atoms with Crippen molar-refractivity contribution in [3.63, 3.8) is 0 Å². The number of ether oxygens (including phenoxy) is 1. The van der Waals surface area contributed by atoms with Gasteiger partial charge >= 0.3 is 0 Å². The first-order chi connectivity index (χ1) is 7.59. The summed E-state index contributed by atoms with van der Waals surface area (Å²) in [6.45, 7) is 0.702. The normalized spacial score (nSPS) is 19.6. The van der Waals surface area contributed by atoms with Crippen LogP contribution in [0.2, 0.25) is 10.0 Å². The van der Waals surface area contributed by atoms with Crippen molar-refractivity contribution in [3.05, 3.63) is 33.8 Å². The van der Waals surface area contributed by atoms with E-state index >= 15 is 0 Å². The smallest absolute Gasteiger partial charge is 0.123 e. The van der Waals surface area contributed by atoms with Gasteiger partial charge in [-0.25, -0.2) is 0 Å². The van der Waals surface area contributed by atoms with E-state index in [4.69, 9.17) is 38.9 Å². The van der Waals surface area contributed by atoms with Crippen molar-refractivity contribution in [2.24, 2.45) is 11.1 Å². The molecule has 0 radical (unpaired) electrons. The molecule has 3 nitrogen and oxygen atoms in total. The second-order valence-corrected chi connectivity index (χ2v) is 4.75. The van der Waals surface area contributed by atoms with Crippen molar-refractivity contribution >= 4 is 23.2 Å². The van der Waals surface area contributed by atoms with Crippen LogP contribution in [0.5, 0.6) is 0 Å². The van der Waals surface area contributed by atoms with Crippen molar-refractivity contribution in [2.45, 2.75) is 6.04 Å². The van der Waals surface area contributed by atoms with Crippen LogP contribution in [0.3, 0.4) is 0 Å². The van der Waals surface area contributed by atoms with Gasteiger partial charge in [0.05, 0.1) is 25.3 Å². The van der Waals surface area contributed by atoms with E-state index in [9.17, 15) is 0 Å². The van der Waals surface area contributed by atoms with Crippen molar-refractivity contribution in [1.29, 1.82) is 5.26 Å². The molecule has 2 rings (SSSR count). The Morgan fingerprint density at radius 1 is 1.44 bits per heavy atom. The molecule has 0 amide bonds. The van der Waals surface area contributed by atoms with Crippen LogP contribution in [-0.2, 0) is 4.74 Å². The molecule has 16 heavy (non-hydrogen) atoms. The van der Waals surface area contributed by atoms with Gasteiger partial charge in [0.15, 0.2) is 0 Å². The van der Waals surface area contributed by atoms with E-state index in [1.54, 1.807) is 18.2 Å². The average Bonchev–Trinajstić information content (AvgIpc) is 2.16. The lowest BCUT2D eigenvalue weighted by molar-refractivity contribution is -0.0910. The van der Waals surface area contributed by atoms with Crippen LogP contribution in [0.1, 0.15) is 11.6 Å². The topological polar surface area (TPSA) is 59.0 Å². The maximum absolute atomic E-state index is 9.13. The maximum atomic E-state index is 9.13. The van der Waals surface area contributed by atoms with Crippen LogP contribution in [-0.4, -0.2) is 13.2 Å². The second-order valence-electron chi connectivity index (χ2n) is 3.90. The molecule has 1 aliphatic rings. The van der Waals surface area contributed by atoms with Gasteiger partial charge in [-0.2, -0.15) is 5.26 Å². The van der Waals surface area contributed by atoms with Gasteiger partial charge in [-0.1, -0.05) is 29.3 Å². The van der Waals surface area contributed by atoms with Gasteiger partial charge in [-0.15, -0.1) is 0 Å². The molecular formula is C11H10Cl2N2O. The zero-order chi connectivity index (χ0) is 11.8. The Hall–Kier alpha value is -0.790. The number of benzene rings is 1. The highest BCUT2D eigenvalue weighted by atomic mass is 35.5. The van der Waals surface area contributed by atoms with E-state index in [0.717, 1.165) is 5.56 Å². The van der Waals surface area contributed by atoms with E-state index in [1.165, 1.54) is 0 Å². The molecule has 1 fully saturated rings. The van der Waals surface area contributed by atoms with Gasteiger partial charge in [0.1, 0.15) is 5.41 Å². The molecule has 1 atom stereocenters. The summed E-state index contributed by atoms with van der Waals surface area (Å²) >= 11 is 11.9. The molecule has 5 heteroatoms. The minimum atomic E-state index is -0.655. The molecule has 1 heterocycles.